The highest BCUT2D eigenvalue weighted by molar-refractivity contribution is 5.83. The van der Waals surface area contributed by atoms with Gasteiger partial charge in [-0.05, 0) is 19.3 Å². The van der Waals surface area contributed by atoms with E-state index in [1.165, 1.54) is 6.92 Å². The number of hydrogen-bond acceptors (Lipinski definition) is 3. The van der Waals surface area contributed by atoms with Gasteiger partial charge in [-0.1, -0.05) is 0 Å². The molecule has 3 atom stereocenters. The summed E-state index contributed by atoms with van der Waals surface area (Å²) in [6.45, 7) is 1.43. The number of ketones is 1. The van der Waals surface area contributed by atoms with Crippen molar-refractivity contribution in [2.75, 3.05) is 0 Å². The van der Waals surface area contributed by atoms with Gasteiger partial charge in [-0.15, -0.1) is 0 Å². The zero-order valence-electron chi connectivity index (χ0n) is 7.79. The summed E-state index contributed by atoms with van der Waals surface area (Å²) in [6.07, 6.45) is 3.47. The molecule has 0 N–H and O–H groups in total. The average Bonchev–Trinajstić information content (AvgIpc) is 2.05. The number of ether oxygens (including phenoxy) is 1. The molecule has 0 saturated heterocycles. The number of rotatable bonds is 1. The SMILES string of the molecule is CC(=O)O[C@H]1C[C@@H]2CC[C@H]1CC2=O. The fraction of sp³-hybridized carbons (Fsp3) is 0.800. The molecule has 0 aromatic carbocycles. The van der Waals surface area contributed by atoms with Crippen LogP contribution in [0.2, 0.25) is 0 Å². The van der Waals surface area contributed by atoms with E-state index in [0.29, 0.717) is 18.1 Å². The zero-order valence-corrected chi connectivity index (χ0v) is 7.79. The molecule has 72 valence electrons. The molecule has 0 aromatic heterocycles. The third-order valence-corrected chi connectivity index (χ3v) is 3.16. The van der Waals surface area contributed by atoms with E-state index in [0.717, 1.165) is 19.3 Å². The summed E-state index contributed by atoms with van der Waals surface area (Å²) in [5.41, 5.74) is 0. The molecule has 0 heterocycles. The number of carbonyl (C=O) groups excluding carboxylic acids is 2. The predicted octanol–water partition coefficient (Wildman–Crippen LogP) is 1.31. The maximum atomic E-state index is 11.3. The summed E-state index contributed by atoms with van der Waals surface area (Å²) in [7, 11) is 0. The van der Waals surface area contributed by atoms with Gasteiger partial charge >= 0.3 is 5.97 Å². The number of carbonyl (C=O) groups is 2. The average molecular weight is 182 g/mol. The van der Waals surface area contributed by atoms with Crippen LogP contribution >= 0.6 is 0 Å². The molecule has 3 aliphatic rings. The molecule has 3 aliphatic carbocycles. The molecule has 0 unspecified atom stereocenters. The van der Waals surface area contributed by atoms with Crippen molar-refractivity contribution >= 4 is 11.8 Å². The highest BCUT2D eigenvalue weighted by Crippen LogP contribution is 2.40. The molecule has 0 aliphatic heterocycles. The lowest BCUT2D eigenvalue weighted by atomic mass is 9.68. The summed E-state index contributed by atoms with van der Waals surface area (Å²) >= 11 is 0. The van der Waals surface area contributed by atoms with E-state index in [2.05, 4.69) is 0 Å². The molecule has 3 rings (SSSR count). The Kier molecular flexibility index (Phi) is 2.10. The van der Waals surface area contributed by atoms with E-state index in [1.807, 2.05) is 0 Å². The van der Waals surface area contributed by atoms with Gasteiger partial charge in [0, 0.05) is 25.2 Å². The van der Waals surface area contributed by atoms with Gasteiger partial charge in [0.15, 0.2) is 0 Å². The molecule has 3 saturated carbocycles. The molecule has 3 heteroatoms. The summed E-state index contributed by atoms with van der Waals surface area (Å²) < 4.78 is 5.18. The lowest BCUT2D eigenvalue weighted by Gasteiger charge is -2.40. The molecule has 0 amide bonds. The number of fused-ring (bicyclic) bond motifs is 3. The van der Waals surface area contributed by atoms with E-state index in [-0.39, 0.29) is 18.0 Å². The Bertz CT molecular complexity index is 247. The van der Waals surface area contributed by atoms with E-state index in [9.17, 15) is 9.59 Å². The third kappa shape index (κ3) is 1.60. The second-order valence-corrected chi connectivity index (χ2v) is 4.09. The third-order valence-electron chi connectivity index (χ3n) is 3.16. The van der Waals surface area contributed by atoms with Crippen molar-refractivity contribution in [1.29, 1.82) is 0 Å². The van der Waals surface area contributed by atoms with Crippen molar-refractivity contribution in [1.82, 2.24) is 0 Å². The van der Waals surface area contributed by atoms with Crippen LogP contribution in [0.25, 0.3) is 0 Å². The molecule has 2 bridgehead atoms. The van der Waals surface area contributed by atoms with Gasteiger partial charge in [0.2, 0.25) is 0 Å². The lowest BCUT2D eigenvalue weighted by molar-refractivity contribution is -0.159. The van der Waals surface area contributed by atoms with Gasteiger partial charge in [-0.25, -0.2) is 0 Å². The first-order valence-electron chi connectivity index (χ1n) is 4.86. The van der Waals surface area contributed by atoms with Crippen molar-refractivity contribution in [2.24, 2.45) is 11.8 Å². The van der Waals surface area contributed by atoms with Crippen molar-refractivity contribution in [3.8, 4) is 0 Å². The van der Waals surface area contributed by atoms with Gasteiger partial charge in [0.25, 0.3) is 0 Å². The number of hydrogen-bond donors (Lipinski definition) is 0. The Morgan fingerprint density at radius 1 is 1.46 bits per heavy atom. The molecule has 0 spiro atoms. The molecular weight excluding hydrogens is 168 g/mol. The smallest absolute Gasteiger partial charge is 0.302 e. The Hall–Kier alpha value is -0.860. The van der Waals surface area contributed by atoms with E-state index >= 15 is 0 Å². The highest BCUT2D eigenvalue weighted by Gasteiger charge is 2.42. The quantitative estimate of drug-likeness (QED) is 0.574. The van der Waals surface area contributed by atoms with Crippen LogP contribution in [0.1, 0.15) is 32.6 Å². The van der Waals surface area contributed by atoms with Crippen LogP contribution in [0.4, 0.5) is 0 Å². The normalized spacial score (nSPS) is 37.6. The molecule has 0 aromatic rings. The first kappa shape index (κ1) is 8.73. The first-order chi connectivity index (χ1) is 6.16. The minimum Gasteiger partial charge on any atom is -0.462 e. The second kappa shape index (κ2) is 3.13. The molecule has 3 nitrogen and oxygen atoms in total. The molecule has 13 heavy (non-hydrogen) atoms. The molecule has 3 fully saturated rings. The van der Waals surface area contributed by atoms with Gasteiger partial charge in [0.05, 0.1) is 0 Å². The summed E-state index contributed by atoms with van der Waals surface area (Å²) in [4.78, 5) is 22.1. The van der Waals surface area contributed by atoms with Crippen molar-refractivity contribution < 1.29 is 14.3 Å². The fourth-order valence-electron chi connectivity index (χ4n) is 2.50. The van der Waals surface area contributed by atoms with Gasteiger partial charge in [-0.3, -0.25) is 9.59 Å². The van der Waals surface area contributed by atoms with E-state index in [4.69, 9.17) is 4.74 Å². The lowest BCUT2D eigenvalue weighted by Crippen LogP contribution is -2.43. The molecular formula is C10H14O3. The Balaban J connectivity index is 2.02. The fourth-order valence-corrected chi connectivity index (χ4v) is 2.50. The van der Waals surface area contributed by atoms with Crippen LogP contribution in [-0.4, -0.2) is 17.9 Å². The van der Waals surface area contributed by atoms with Gasteiger partial charge in [0.1, 0.15) is 11.9 Å². The minimum atomic E-state index is -0.218. The van der Waals surface area contributed by atoms with Crippen molar-refractivity contribution in [3.05, 3.63) is 0 Å². The summed E-state index contributed by atoms with van der Waals surface area (Å²) in [6, 6.07) is 0. The van der Waals surface area contributed by atoms with Crippen molar-refractivity contribution in [3.63, 3.8) is 0 Å². The highest BCUT2D eigenvalue weighted by atomic mass is 16.5. The van der Waals surface area contributed by atoms with Crippen LogP contribution in [0, 0.1) is 11.8 Å². The summed E-state index contributed by atoms with van der Waals surface area (Å²) in [5, 5.41) is 0. The Morgan fingerprint density at radius 2 is 2.23 bits per heavy atom. The number of esters is 1. The first-order valence-corrected chi connectivity index (χ1v) is 4.86. The zero-order chi connectivity index (χ0) is 9.42. The second-order valence-electron chi connectivity index (χ2n) is 4.09. The molecule has 0 radical (unpaired) electrons. The Labute approximate surface area is 77.4 Å². The maximum Gasteiger partial charge on any atom is 0.302 e. The van der Waals surface area contributed by atoms with Crippen LogP contribution in [0.15, 0.2) is 0 Å². The van der Waals surface area contributed by atoms with Gasteiger partial charge in [-0.2, -0.15) is 0 Å². The monoisotopic (exact) mass is 182 g/mol. The van der Waals surface area contributed by atoms with Crippen molar-refractivity contribution in [2.45, 2.75) is 38.7 Å². The maximum absolute atomic E-state index is 11.3. The van der Waals surface area contributed by atoms with Crippen LogP contribution in [0.5, 0.6) is 0 Å². The van der Waals surface area contributed by atoms with Crippen LogP contribution in [-0.2, 0) is 14.3 Å². The standard InChI is InChI=1S/C10H14O3/c1-6(11)13-10-5-7-2-3-8(10)4-9(7)12/h7-8,10H,2-5H2,1H3/t7-,8-,10-/m0/s1. The topological polar surface area (TPSA) is 43.4 Å². The minimum absolute atomic E-state index is 0.0222. The van der Waals surface area contributed by atoms with Crippen LogP contribution in [0.3, 0.4) is 0 Å². The van der Waals surface area contributed by atoms with Crippen LogP contribution < -0.4 is 0 Å². The Morgan fingerprint density at radius 3 is 2.69 bits per heavy atom. The largest absolute Gasteiger partial charge is 0.462 e. The predicted molar refractivity (Wildman–Crippen MR) is 46.0 cm³/mol. The van der Waals surface area contributed by atoms with Gasteiger partial charge < -0.3 is 4.74 Å². The summed E-state index contributed by atoms with van der Waals surface area (Å²) in [5.74, 6) is 0.639. The van der Waals surface area contributed by atoms with E-state index < -0.39 is 0 Å². The number of Topliss-reactive ketones (excluding diaryl/α,β-unsaturated/α-hetero) is 1. The van der Waals surface area contributed by atoms with E-state index in [1.54, 1.807) is 0 Å².